The number of halogens is 1. The summed E-state index contributed by atoms with van der Waals surface area (Å²) in [5.41, 5.74) is 1.20. The van der Waals surface area contributed by atoms with E-state index in [4.69, 9.17) is 5.26 Å². The van der Waals surface area contributed by atoms with Crippen LogP contribution in [-0.2, 0) is 6.54 Å². The molecule has 1 saturated carbocycles. The summed E-state index contributed by atoms with van der Waals surface area (Å²) in [7, 11) is 0. The summed E-state index contributed by atoms with van der Waals surface area (Å²) in [6, 6.07) is 6.52. The van der Waals surface area contributed by atoms with E-state index in [1.54, 1.807) is 12.1 Å². The number of nitrogens with one attached hydrogen (secondary N) is 1. The van der Waals surface area contributed by atoms with Crippen molar-refractivity contribution in [1.82, 2.24) is 5.32 Å². The predicted octanol–water partition coefficient (Wildman–Crippen LogP) is 2.34. The van der Waals surface area contributed by atoms with E-state index in [1.807, 2.05) is 6.07 Å². The van der Waals surface area contributed by atoms with Crippen molar-refractivity contribution < 1.29 is 4.39 Å². The van der Waals surface area contributed by atoms with Gasteiger partial charge in [-0.25, -0.2) is 4.39 Å². The molecule has 1 fully saturated rings. The fourth-order valence-corrected chi connectivity index (χ4v) is 1.43. The first kappa shape index (κ1) is 10.1. The molecule has 1 aliphatic carbocycles. The van der Waals surface area contributed by atoms with Crippen LogP contribution in [0.25, 0.3) is 0 Å². The molecule has 1 aromatic carbocycles. The molecular weight excluding hydrogens is 191 g/mol. The van der Waals surface area contributed by atoms with E-state index in [9.17, 15) is 4.39 Å². The molecule has 78 valence electrons. The topological polar surface area (TPSA) is 35.8 Å². The van der Waals surface area contributed by atoms with Crippen molar-refractivity contribution >= 4 is 0 Å². The van der Waals surface area contributed by atoms with Gasteiger partial charge in [0.15, 0.2) is 0 Å². The van der Waals surface area contributed by atoms with Gasteiger partial charge in [-0.1, -0.05) is 6.07 Å². The molecule has 2 rings (SSSR count). The maximum absolute atomic E-state index is 13.4. The van der Waals surface area contributed by atoms with Gasteiger partial charge < -0.3 is 5.32 Å². The number of hydrogen-bond donors (Lipinski definition) is 1. The molecule has 0 unspecified atom stereocenters. The molecule has 1 aliphatic rings. The Kier molecular flexibility index (Phi) is 2.45. The summed E-state index contributed by atoms with van der Waals surface area (Å²) >= 11 is 0. The molecule has 0 spiro atoms. The molecule has 0 radical (unpaired) electrons. The first-order chi connectivity index (χ1) is 7.13. The van der Waals surface area contributed by atoms with Crippen molar-refractivity contribution in [2.45, 2.75) is 31.8 Å². The zero-order valence-electron chi connectivity index (χ0n) is 8.68. The summed E-state index contributed by atoms with van der Waals surface area (Å²) in [5, 5.41) is 11.9. The number of hydrogen-bond acceptors (Lipinski definition) is 2. The average Bonchev–Trinajstić information content (AvgIpc) is 2.95. The molecule has 0 bridgehead atoms. The highest BCUT2D eigenvalue weighted by molar-refractivity contribution is 5.32. The highest BCUT2D eigenvalue weighted by Crippen LogP contribution is 2.34. The van der Waals surface area contributed by atoms with Gasteiger partial charge in [0, 0.05) is 17.6 Å². The van der Waals surface area contributed by atoms with E-state index in [2.05, 4.69) is 12.2 Å². The molecule has 0 aromatic heterocycles. The quantitative estimate of drug-likeness (QED) is 0.820. The van der Waals surface area contributed by atoms with Crippen LogP contribution in [0.1, 0.15) is 30.9 Å². The van der Waals surface area contributed by atoms with Gasteiger partial charge in [0.25, 0.3) is 0 Å². The Morgan fingerprint density at radius 1 is 1.53 bits per heavy atom. The molecule has 0 heterocycles. The van der Waals surface area contributed by atoms with Crippen molar-refractivity contribution in [1.29, 1.82) is 5.26 Å². The van der Waals surface area contributed by atoms with Gasteiger partial charge in [0.05, 0.1) is 11.6 Å². The second-order valence-corrected chi connectivity index (χ2v) is 4.33. The van der Waals surface area contributed by atoms with Crippen molar-refractivity contribution in [2.24, 2.45) is 0 Å². The van der Waals surface area contributed by atoms with Gasteiger partial charge >= 0.3 is 0 Å². The van der Waals surface area contributed by atoms with Gasteiger partial charge in [-0.05, 0) is 31.9 Å². The Morgan fingerprint density at radius 2 is 2.27 bits per heavy atom. The SMILES string of the molecule is CC1(NCc2ccc(C#N)cc2F)CC1. The van der Waals surface area contributed by atoms with Crippen LogP contribution in [0.4, 0.5) is 4.39 Å². The van der Waals surface area contributed by atoms with Crippen LogP contribution in [-0.4, -0.2) is 5.54 Å². The number of rotatable bonds is 3. The Bertz CT molecular complexity index is 416. The van der Waals surface area contributed by atoms with Gasteiger partial charge in [-0.15, -0.1) is 0 Å². The fourth-order valence-electron chi connectivity index (χ4n) is 1.43. The maximum Gasteiger partial charge on any atom is 0.129 e. The van der Waals surface area contributed by atoms with Crippen molar-refractivity contribution in [2.75, 3.05) is 0 Å². The molecule has 15 heavy (non-hydrogen) atoms. The molecule has 1 N–H and O–H groups in total. The van der Waals surface area contributed by atoms with Crippen LogP contribution in [0.5, 0.6) is 0 Å². The van der Waals surface area contributed by atoms with E-state index < -0.39 is 0 Å². The van der Waals surface area contributed by atoms with Crippen LogP contribution in [0, 0.1) is 17.1 Å². The summed E-state index contributed by atoms with van der Waals surface area (Å²) in [4.78, 5) is 0. The number of nitriles is 1. The third-order valence-corrected chi connectivity index (χ3v) is 2.89. The lowest BCUT2D eigenvalue weighted by atomic mass is 10.1. The zero-order chi connectivity index (χ0) is 10.9. The van der Waals surface area contributed by atoms with Crippen LogP contribution >= 0.6 is 0 Å². The Morgan fingerprint density at radius 3 is 2.80 bits per heavy atom. The molecule has 3 heteroatoms. The van der Waals surface area contributed by atoms with E-state index in [1.165, 1.54) is 6.07 Å². The lowest BCUT2D eigenvalue weighted by Gasteiger charge is -2.11. The largest absolute Gasteiger partial charge is 0.307 e. The second-order valence-electron chi connectivity index (χ2n) is 4.33. The van der Waals surface area contributed by atoms with E-state index in [0.717, 1.165) is 12.8 Å². The van der Waals surface area contributed by atoms with Crippen molar-refractivity contribution in [3.8, 4) is 6.07 Å². The van der Waals surface area contributed by atoms with E-state index >= 15 is 0 Å². The Balaban J connectivity index is 2.05. The maximum atomic E-state index is 13.4. The molecule has 0 amide bonds. The summed E-state index contributed by atoms with van der Waals surface area (Å²) in [5.74, 6) is -0.300. The first-order valence-corrected chi connectivity index (χ1v) is 5.06. The minimum atomic E-state index is -0.300. The predicted molar refractivity (Wildman–Crippen MR) is 55.6 cm³/mol. The van der Waals surface area contributed by atoms with Crippen LogP contribution in [0.2, 0.25) is 0 Å². The van der Waals surface area contributed by atoms with Gasteiger partial charge in [-0.2, -0.15) is 5.26 Å². The van der Waals surface area contributed by atoms with Gasteiger partial charge in [0.2, 0.25) is 0 Å². The zero-order valence-corrected chi connectivity index (χ0v) is 8.68. The number of nitrogens with zero attached hydrogens (tertiary/aromatic N) is 1. The highest BCUT2D eigenvalue weighted by atomic mass is 19.1. The van der Waals surface area contributed by atoms with Crippen LogP contribution in [0.15, 0.2) is 18.2 Å². The monoisotopic (exact) mass is 204 g/mol. The van der Waals surface area contributed by atoms with Gasteiger partial charge in [-0.3, -0.25) is 0 Å². The van der Waals surface area contributed by atoms with Crippen LogP contribution in [0.3, 0.4) is 0 Å². The average molecular weight is 204 g/mol. The van der Waals surface area contributed by atoms with Crippen LogP contribution < -0.4 is 5.32 Å². The first-order valence-electron chi connectivity index (χ1n) is 5.06. The standard InChI is InChI=1S/C12H13FN2/c1-12(4-5-12)15-8-10-3-2-9(7-14)6-11(10)13/h2-3,6,15H,4-5,8H2,1H3. The molecule has 0 saturated heterocycles. The second kappa shape index (κ2) is 3.63. The van der Waals surface area contributed by atoms with E-state index in [-0.39, 0.29) is 11.4 Å². The highest BCUT2D eigenvalue weighted by Gasteiger charge is 2.36. The molecule has 1 aromatic rings. The summed E-state index contributed by atoms with van der Waals surface area (Å²) < 4.78 is 13.4. The molecular formula is C12H13FN2. The van der Waals surface area contributed by atoms with Crippen molar-refractivity contribution in [3.05, 3.63) is 35.1 Å². The minimum Gasteiger partial charge on any atom is -0.307 e. The summed E-state index contributed by atoms with van der Waals surface area (Å²) in [6.07, 6.45) is 2.32. The molecule has 0 aliphatic heterocycles. The van der Waals surface area contributed by atoms with Gasteiger partial charge in [0.1, 0.15) is 5.82 Å². The third-order valence-electron chi connectivity index (χ3n) is 2.89. The Hall–Kier alpha value is -1.40. The smallest absolute Gasteiger partial charge is 0.129 e. The number of benzene rings is 1. The van der Waals surface area contributed by atoms with E-state index in [0.29, 0.717) is 17.7 Å². The Labute approximate surface area is 88.7 Å². The molecule has 2 nitrogen and oxygen atoms in total. The third kappa shape index (κ3) is 2.34. The lowest BCUT2D eigenvalue weighted by Crippen LogP contribution is -2.27. The lowest BCUT2D eigenvalue weighted by molar-refractivity contribution is 0.518. The minimum absolute atomic E-state index is 0.209. The van der Waals surface area contributed by atoms with Crippen molar-refractivity contribution in [3.63, 3.8) is 0 Å². The molecule has 0 atom stereocenters. The normalized spacial score (nSPS) is 17.1. The summed E-state index contributed by atoms with van der Waals surface area (Å²) in [6.45, 7) is 2.67. The fraction of sp³-hybridized carbons (Fsp3) is 0.417.